The van der Waals surface area contributed by atoms with E-state index in [0.29, 0.717) is 5.92 Å². The Kier molecular flexibility index (Phi) is 11.8. The normalized spacial score (nSPS) is 13.2. The second-order valence-electron chi connectivity index (χ2n) is 8.24. The first-order valence-electron chi connectivity index (χ1n) is 10.2. The fraction of sp³-hybridized carbons (Fsp3) is 0.300. The van der Waals surface area contributed by atoms with E-state index >= 15 is 0 Å². The van der Waals surface area contributed by atoms with E-state index in [-0.39, 0.29) is 40.7 Å². The van der Waals surface area contributed by atoms with Gasteiger partial charge in [0.25, 0.3) is 0 Å². The van der Waals surface area contributed by atoms with E-state index in [4.69, 9.17) is 0 Å². The summed E-state index contributed by atoms with van der Waals surface area (Å²) in [5.74, 6) is 0.418. The fourth-order valence-corrected chi connectivity index (χ4v) is 3.99. The van der Waals surface area contributed by atoms with Crippen LogP contribution in [0.1, 0.15) is 61.6 Å². The third-order valence-corrected chi connectivity index (χ3v) is 6.61. The van der Waals surface area contributed by atoms with Crippen LogP contribution in [-0.2, 0) is 32.3 Å². The van der Waals surface area contributed by atoms with Crippen molar-refractivity contribution in [3.05, 3.63) is 119 Å². The molecule has 1 atom stereocenters. The molecule has 162 valence electrons. The number of hydrogen-bond donors (Lipinski definition) is 0. The van der Waals surface area contributed by atoms with Crippen LogP contribution in [0.3, 0.4) is 0 Å². The Morgan fingerprint density at radius 1 is 0.806 bits per heavy atom. The van der Waals surface area contributed by atoms with E-state index in [1.807, 2.05) is 0 Å². The third kappa shape index (κ3) is 6.45. The summed E-state index contributed by atoms with van der Waals surface area (Å²) in [4.78, 5) is 0. The fourth-order valence-electron chi connectivity index (χ4n) is 3.99. The molecule has 0 saturated carbocycles. The molecular formula is C30H38Hf. The minimum Gasteiger partial charge on any atom is -0.358 e. The Balaban J connectivity index is 0.000000604. The molecule has 1 heteroatoms. The minimum atomic E-state index is 0. The van der Waals surface area contributed by atoms with Crippen LogP contribution in [0.15, 0.2) is 42.5 Å². The van der Waals surface area contributed by atoms with E-state index in [1.54, 1.807) is 0 Å². The van der Waals surface area contributed by atoms with Gasteiger partial charge in [-0.3, -0.25) is 6.08 Å². The summed E-state index contributed by atoms with van der Waals surface area (Å²) in [5, 5.41) is 0. The van der Waals surface area contributed by atoms with Gasteiger partial charge < -0.3 is 14.9 Å². The van der Waals surface area contributed by atoms with Crippen molar-refractivity contribution in [3.63, 3.8) is 0 Å². The summed E-state index contributed by atoms with van der Waals surface area (Å²) in [6.45, 7) is 15.4. The standard InChI is InChI=1S/C18H17.C10H15.2CH3.Hf/c1-13-10-16-8-9-17(18(16)11-14(13)2)12-15-6-4-3-5-7-15;1-6-7(2)9(4)10(5)8(6)3;;;/h3-8,10-11,17H,12H2,1-2H3;1-5H3;2*1H3;/q4*-1;+4. The van der Waals surface area contributed by atoms with Crippen LogP contribution in [-0.4, -0.2) is 0 Å². The van der Waals surface area contributed by atoms with Gasteiger partial charge in [-0.05, 0) is 25.8 Å². The van der Waals surface area contributed by atoms with E-state index in [1.165, 1.54) is 55.6 Å². The molecule has 3 aromatic rings. The Morgan fingerprint density at radius 3 is 1.81 bits per heavy atom. The molecule has 0 fully saturated rings. The predicted molar refractivity (Wildman–Crippen MR) is 135 cm³/mol. The van der Waals surface area contributed by atoms with E-state index in [0.717, 1.165) is 6.42 Å². The zero-order valence-corrected chi connectivity index (χ0v) is 24.5. The molecule has 1 aliphatic rings. The Hall–Kier alpha value is -1.60. The molecular weight excluding hydrogens is 539 g/mol. The first-order valence-corrected chi connectivity index (χ1v) is 10.2. The molecule has 0 radical (unpaired) electrons. The summed E-state index contributed by atoms with van der Waals surface area (Å²) in [6.07, 6.45) is 6.70. The molecule has 0 N–H and O–H groups in total. The second-order valence-corrected chi connectivity index (χ2v) is 8.24. The van der Waals surface area contributed by atoms with Crippen molar-refractivity contribution in [2.24, 2.45) is 0 Å². The number of benzene rings is 2. The van der Waals surface area contributed by atoms with Crippen molar-refractivity contribution in [2.75, 3.05) is 0 Å². The molecule has 31 heavy (non-hydrogen) atoms. The second kappa shape index (κ2) is 12.4. The summed E-state index contributed by atoms with van der Waals surface area (Å²) in [5.41, 5.74) is 14.2. The number of hydrogen-bond acceptors (Lipinski definition) is 0. The minimum absolute atomic E-state index is 0. The van der Waals surface area contributed by atoms with Gasteiger partial charge in [0.1, 0.15) is 0 Å². The number of fused-ring (bicyclic) bond motifs is 1. The van der Waals surface area contributed by atoms with Crippen LogP contribution >= 0.6 is 0 Å². The average molecular weight is 577 g/mol. The average Bonchev–Trinajstić information content (AvgIpc) is 3.14. The summed E-state index contributed by atoms with van der Waals surface area (Å²) < 4.78 is 0. The maximum Gasteiger partial charge on any atom is 4.00 e. The van der Waals surface area contributed by atoms with E-state index in [9.17, 15) is 0 Å². The van der Waals surface area contributed by atoms with Crippen LogP contribution < -0.4 is 0 Å². The molecule has 0 saturated heterocycles. The van der Waals surface area contributed by atoms with Crippen molar-refractivity contribution in [3.8, 4) is 0 Å². The van der Waals surface area contributed by atoms with Gasteiger partial charge in [0.15, 0.2) is 0 Å². The topological polar surface area (TPSA) is 0 Å². The van der Waals surface area contributed by atoms with E-state index in [2.05, 4.69) is 103 Å². The number of allylic oxidation sites excluding steroid dienone is 1. The third-order valence-electron chi connectivity index (χ3n) is 6.61. The van der Waals surface area contributed by atoms with Gasteiger partial charge in [-0.2, -0.15) is 33.4 Å². The van der Waals surface area contributed by atoms with Crippen LogP contribution in [0.25, 0.3) is 6.08 Å². The van der Waals surface area contributed by atoms with Crippen LogP contribution in [0.2, 0.25) is 0 Å². The van der Waals surface area contributed by atoms with Gasteiger partial charge in [-0.1, -0.05) is 88.1 Å². The maximum atomic E-state index is 3.50. The number of aryl methyl sites for hydroxylation is 2. The van der Waals surface area contributed by atoms with Crippen LogP contribution in [0.4, 0.5) is 0 Å². The maximum absolute atomic E-state index is 3.50. The molecule has 4 rings (SSSR count). The first kappa shape index (κ1) is 29.4. The van der Waals surface area contributed by atoms with Gasteiger partial charge in [-0.15, -0.1) is 11.6 Å². The monoisotopic (exact) mass is 578 g/mol. The van der Waals surface area contributed by atoms with Crippen molar-refractivity contribution < 1.29 is 25.8 Å². The predicted octanol–water partition coefficient (Wildman–Crippen LogP) is 8.31. The van der Waals surface area contributed by atoms with E-state index < -0.39 is 0 Å². The van der Waals surface area contributed by atoms with Gasteiger partial charge in [-0.25, -0.2) is 6.08 Å². The largest absolute Gasteiger partial charge is 4.00 e. The van der Waals surface area contributed by atoms with Crippen molar-refractivity contribution in [2.45, 2.75) is 60.8 Å². The van der Waals surface area contributed by atoms with Gasteiger partial charge in [0, 0.05) is 0 Å². The summed E-state index contributed by atoms with van der Waals surface area (Å²) >= 11 is 0. The molecule has 1 unspecified atom stereocenters. The van der Waals surface area contributed by atoms with Gasteiger partial charge >= 0.3 is 25.8 Å². The smallest absolute Gasteiger partial charge is 0.358 e. The van der Waals surface area contributed by atoms with Crippen molar-refractivity contribution >= 4 is 6.08 Å². The molecule has 0 spiro atoms. The molecule has 3 aromatic carbocycles. The number of rotatable bonds is 2. The molecule has 0 amide bonds. The molecule has 0 aliphatic heterocycles. The first-order chi connectivity index (χ1) is 13.3. The quantitative estimate of drug-likeness (QED) is 0.213. The van der Waals surface area contributed by atoms with Crippen LogP contribution in [0, 0.1) is 69.4 Å². The molecule has 0 aromatic heterocycles. The van der Waals surface area contributed by atoms with Gasteiger partial charge in [0.05, 0.1) is 0 Å². The zero-order chi connectivity index (χ0) is 20.4. The summed E-state index contributed by atoms with van der Waals surface area (Å²) in [7, 11) is 0. The molecule has 0 heterocycles. The Labute approximate surface area is 211 Å². The zero-order valence-electron chi connectivity index (χ0n) is 20.9. The molecule has 0 nitrogen and oxygen atoms in total. The van der Waals surface area contributed by atoms with Gasteiger partial charge in [0.2, 0.25) is 0 Å². The molecule has 1 aliphatic carbocycles. The Morgan fingerprint density at radius 2 is 1.32 bits per heavy atom. The van der Waals surface area contributed by atoms with Crippen LogP contribution in [0.5, 0.6) is 0 Å². The van der Waals surface area contributed by atoms with Crippen molar-refractivity contribution in [1.29, 1.82) is 0 Å². The Bertz CT molecular complexity index is 923. The SMILES string of the molecule is Cc1c(C)c(C)[c-](C)c1C.Cc1cc2c(cc1C)C(Cc1ccccc1)[C-]=C2.[CH3-].[CH3-].[Hf+4]. The van der Waals surface area contributed by atoms with Crippen molar-refractivity contribution in [1.82, 2.24) is 0 Å². The molecule has 0 bridgehead atoms. The summed E-state index contributed by atoms with van der Waals surface area (Å²) in [6, 6.07) is 15.3.